The molecule has 1 fully saturated rings. The molecule has 1 aliphatic heterocycles. The molecule has 1 aromatic heterocycles. The average molecular weight is 443 g/mol. The third kappa shape index (κ3) is 4.28. The summed E-state index contributed by atoms with van der Waals surface area (Å²) in [6.45, 7) is 2.64. The molecule has 0 radical (unpaired) electrons. The summed E-state index contributed by atoms with van der Waals surface area (Å²) in [5, 5.41) is 20.9. The number of aromatic hydroxyl groups is 2. The van der Waals surface area contributed by atoms with Crippen LogP contribution in [0.4, 0.5) is 0 Å². The van der Waals surface area contributed by atoms with E-state index in [4.69, 9.17) is 16.0 Å². The predicted molar refractivity (Wildman–Crippen MR) is 123 cm³/mol. The Balaban J connectivity index is 1.95. The van der Waals surface area contributed by atoms with Gasteiger partial charge in [0, 0.05) is 12.1 Å². The van der Waals surface area contributed by atoms with Gasteiger partial charge in [-0.3, -0.25) is 4.79 Å². The zero-order valence-corrected chi connectivity index (χ0v) is 18.7. The lowest BCUT2D eigenvalue weighted by atomic mass is 9.87. The smallest absolute Gasteiger partial charge is 0.235 e. The molecular formula is C24H27ClN2O4. The standard InChI is InChI=1S/C24H27ClN2O4/c1-26(2)13-14-10-17(15-6-8-27(3)9-7-15)24-18(11-14)21(29)22(30)23(31-24)16-4-5-20(28)19(25)12-16/h4-5,10-12,15,28,30H,6-9,13H2,1-3H3. The monoisotopic (exact) mass is 442 g/mol. The second-order valence-electron chi connectivity index (χ2n) is 8.65. The summed E-state index contributed by atoms with van der Waals surface area (Å²) in [6, 6.07) is 8.41. The first kappa shape index (κ1) is 21.7. The minimum Gasteiger partial charge on any atom is -0.506 e. The number of hydrogen-bond acceptors (Lipinski definition) is 6. The highest BCUT2D eigenvalue weighted by molar-refractivity contribution is 6.32. The van der Waals surface area contributed by atoms with Crippen LogP contribution in [-0.4, -0.2) is 54.2 Å². The fraction of sp³-hybridized carbons (Fsp3) is 0.375. The summed E-state index contributed by atoms with van der Waals surface area (Å²) in [4.78, 5) is 17.5. The van der Waals surface area contributed by atoms with Crippen molar-refractivity contribution in [1.82, 2.24) is 9.80 Å². The highest BCUT2D eigenvalue weighted by atomic mass is 35.5. The molecule has 4 rings (SSSR count). The largest absolute Gasteiger partial charge is 0.506 e. The van der Waals surface area contributed by atoms with Crippen LogP contribution in [0.15, 0.2) is 39.5 Å². The van der Waals surface area contributed by atoms with Gasteiger partial charge in [0.25, 0.3) is 0 Å². The van der Waals surface area contributed by atoms with Crippen molar-refractivity contribution in [3.05, 3.63) is 56.7 Å². The summed E-state index contributed by atoms with van der Waals surface area (Å²) < 4.78 is 6.21. The number of rotatable bonds is 4. The molecule has 0 saturated carbocycles. The van der Waals surface area contributed by atoms with Gasteiger partial charge in [-0.1, -0.05) is 17.7 Å². The van der Waals surface area contributed by atoms with Gasteiger partial charge in [0.05, 0.1) is 10.4 Å². The van der Waals surface area contributed by atoms with Crippen molar-refractivity contribution in [2.45, 2.75) is 25.3 Å². The Hall–Kier alpha value is -2.54. The van der Waals surface area contributed by atoms with Crippen molar-refractivity contribution in [2.24, 2.45) is 0 Å². The Morgan fingerprint density at radius 3 is 2.52 bits per heavy atom. The molecule has 2 aromatic carbocycles. The maximum absolute atomic E-state index is 13.2. The van der Waals surface area contributed by atoms with Crippen LogP contribution in [0.25, 0.3) is 22.3 Å². The van der Waals surface area contributed by atoms with Crippen molar-refractivity contribution >= 4 is 22.6 Å². The number of nitrogens with zero attached hydrogens (tertiary/aromatic N) is 2. The van der Waals surface area contributed by atoms with E-state index in [2.05, 4.69) is 18.0 Å². The summed E-state index contributed by atoms with van der Waals surface area (Å²) >= 11 is 6.05. The van der Waals surface area contributed by atoms with E-state index in [1.807, 2.05) is 25.1 Å². The molecule has 0 bridgehead atoms. The molecule has 0 amide bonds. The van der Waals surface area contributed by atoms with Crippen LogP contribution in [0.1, 0.15) is 29.9 Å². The number of phenols is 1. The molecule has 0 spiro atoms. The SMILES string of the molecule is CN(C)Cc1cc(C2CCN(C)CC2)c2oc(-c3ccc(O)c(Cl)c3)c(O)c(=O)c2c1. The highest BCUT2D eigenvalue weighted by Crippen LogP contribution is 2.38. The first-order valence-corrected chi connectivity index (χ1v) is 10.8. The Bertz CT molecular complexity index is 1180. The summed E-state index contributed by atoms with van der Waals surface area (Å²) in [7, 11) is 6.08. The maximum atomic E-state index is 13.2. The van der Waals surface area contributed by atoms with Gasteiger partial charge in [-0.25, -0.2) is 0 Å². The van der Waals surface area contributed by atoms with Crippen molar-refractivity contribution in [2.75, 3.05) is 34.2 Å². The van der Waals surface area contributed by atoms with E-state index in [1.165, 1.54) is 12.1 Å². The van der Waals surface area contributed by atoms with E-state index in [0.717, 1.165) is 37.1 Å². The van der Waals surface area contributed by atoms with Crippen LogP contribution in [0.5, 0.6) is 11.5 Å². The lowest BCUT2D eigenvalue weighted by Gasteiger charge is -2.30. The Labute approximate surface area is 186 Å². The maximum Gasteiger partial charge on any atom is 0.235 e. The van der Waals surface area contributed by atoms with Crippen LogP contribution in [0, 0.1) is 0 Å². The molecule has 3 aromatic rings. The molecule has 31 heavy (non-hydrogen) atoms. The number of piperidine rings is 1. The van der Waals surface area contributed by atoms with Gasteiger partial charge in [0.1, 0.15) is 11.3 Å². The number of phenolic OH excluding ortho intramolecular Hbond substituents is 1. The van der Waals surface area contributed by atoms with Gasteiger partial charge < -0.3 is 24.4 Å². The third-order valence-corrected chi connectivity index (χ3v) is 6.23. The fourth-order valence-corrected chi connectivity index (χ4v) is 4.48. The Morgan fingerprint density at radius 2 is 1.87 bits per heavy atom. The predicted octanol–water partition coefficient (Wildman–Crippen LogP) is 4.40. The van der Waals surface area contributed by atoms with E-state index in [9.17, 15) is 15.0 Å². The fourth-order valence-electron chi connectivity index (χ4n) is 4.30. The third-order valence-electron chi connectivity index (χ3n) is 5.92. The number of halogens is 1. The molecular weight excluding hydrogens is 416 g/mol. The van der Waals surface area contributed by atoms with E-state index >= 15 is 0 Å². The van der Waals surface area contributed by atoms with Gasteiger partial charge in [0.2, 0.25) is 11.2 Å². The first-order valence-electron chi connectivity index (χ1n) is 10.4. The summed E-state index contributed by atoms with van der Waals surface area (Å²) in [5.41, 5.74) is 2.50. The second kappa shape index (κ2) is 8.54. The van der Waals surface area contributed by atoms with Gasteiger partial charge in [-0.05, 0) is 88.4 Å². The highest BCUT2D eigenvalue weighted by Gasteiger charge is 2.25. The van der Waals surface area contributed by atoms with E-state index in [0.29, 0.717) is 23.1 Å². The molecule has 1 saturated heterocycles. The molecule has 0 unspecified atom stereocenters. The average Bonchev–Trinajstić information content (AvgIpc) is 2.73. The van der Waals surface area contributed by atoms with Gasteiger partial charge >= 0.3 is 0 Å². The molecule has 2 N–H and O–H groups in total. The number of hydrogen-bond donors (Lipinski definition) is 2. The van der Waals surface area contributed by atoms with Gasteiger partial charge in [0.15, 0.2) is 5.76 Å². The minimum atomic E-state index is -0.463. The van der Waals surface area contributed by atoms with Crippen LogP contribution in [0.2, 0.25) is 5.02 Å². The zero-order chi connectivity index (χ0) is 22.3. The van der Waals surface area contributed by atoms with Crippen LogP contribution >= 0.6 is 11.6 Å². The molecule has 0 aliphatic carbocycles. The van der Waals surface area contributed by atoms with Crippen molar-refractivity contribution in [1.29, 1.82) is 0 Å². The molecule has 0 atom stereocenters. The topological polar surface area (TPSA) is 77.2 Å². The number of likely N-dealkylation sites (tertiary alicyclic amines) is 1. The number of fused-ring (bicyclic) bond motifs is 1. The molecule has 164 valence electrons. The van der Waals surface area contributed by atoms with Gasteiger partial charge in [-0.2, -0.15) is 0 Å². The Kier molecular flexibility index (Phi) is 5.97. The van der Waals surface area contributed by atoms with E-state index in [1.54, 1.807) is 6.07 Å². The minimum absolute atomic E-state index is 0.0638. The van der Waals surface area contributed by atoms with Crippen molar-refractivity contribution in [3.63, 3.8) is 0 Å². The molecule has 2 heterocycles. The van der Waals surface area contributed by atoms with Crippen LogP contribution < -0.4 is 5.43 Å². The lowest BCUT2D eigenvalue weighted by molar-refractivity contribution is 0.255. The van der Waals surface area contributed by atoms with Crippen molar-refractivity contribution in [3.8, 4) is 22.8 Å². The molecule has 1 aliphatic rings. The zero-order valence-electron chi connectivity index (χ0n) is 18.0. The normalized spacial score (nSPS) is 15.8. The first-order chi connectivity index (χ1) is 14.7. The van der Waals surface area contributed by atoms with Gasteiger partial charge in [-0.15, -0.1) is 0 Å². The lowest BCUT2D eigenvalue weighted by Crippen LogP contribution is -2.29. The second-order valence-corrected chi connectivity index (χ2v) is 9.06. The molecule has 7 heteroatoms. The van der Waals surface area contributed by atoms with E-state index in [-0.39, 0.29) is 22.5 Å². The summed E-state index contributed by atoms with van der Waals surface area (Å²) in [6.07, 6.45) is 1.95. The molecule has 6 nitrogen and oxygen atoms in total. The van der Waals surface area contributed by atoms with Crippen LogP contribution in [-0.2, 0) is 6.54 Å². The van der Waals surface area contributed by atoms with E-state index < -0.39 is 11.2 Å². The number of benzene rings is 2. The Morgan fingerprint density at radius 1 is 1.16 bits per heavy atom. The van der Waals surface area contributed by atoms with Crippen LogP contribution in [0.3, 0.4) is 0 Å². The van der Waals surface area contributed by atoms with Crippen molar-refractivity contribution < 1.29 is 14.6 Å². The summed E-state index contributed by atoms with van der Waals surface area (Å²) in [5.74, 6) is -0.197. The quantitative estimate of drug-likeness (QED) is 0.623.